The Labute approximate surface area is 161 Å². The Morgan fingerprint density at radius 3 is 2.44 bits per heavy atom. The third-order valence-electron chi connectivity index (χ3n) is 3.50. The first-order valence-electron chi connectivity index (χ1n) is 8.97. The SMILES string of the molecule is CCCC(CN=C(N)Nc1ccc(OC)c(OC)c1)NC(=O)OC(C)(C)C. The zero-order chi connectivity index (χ0) is 20.4. The molecule has 0 aliphatic carbocycles. The lowest BCUT2D eigenvalue weighted by molar-refractivity contribution is 0.0503. The van der Waals surface area contributed by atoms with Gasteiger partial charge in [0.25, 0.3) is 0 Å². The Morgan fingerprint density at radius 1 is 1.22 bits per heavy atom. The predicted molar refractivity (Wildman–Crippen MR) is 108 cm³/mol. The van der Waals surface area contributed by atoms with E-state index in [4.69, 9.17) is 19.9 Å². The van der Waals surface area contributed by atoms with Crippen molar-refractivity contribution in [2.75, 3.05) is 26.1 Å². The Balaban J connectivity index is 2.69. The van der Waals surface area contributed by atoms with Crippen molar-refractivity contribution in [2.45, 2.75) is 52.2 Å². The molecule has 8 heteroatoms. The molecule has 1 amide bonds. The van der Waals surface area contributed by atoms with Crippen LogP contribution < -0.4 is 25.8 Å². The average Bonchev–Trinajstić information content (AvgIpc) is 2.58. The minimum absolute atomic E-state index is 0.157. The molecule has 0 aliphatic rings. The number of nitrogens with two attached hydrogens (primary N) is 1. The van der Waals surface area contributed by atoms with Gasteiger partial charge in [0.15, 0.2) is 17.5 Å². The van der Waals surface area contributed by atoms with Gasteiger partial charge in [-0.1, -0.05) is 13.3 Å². The Bertz CT molecular complexity index is 641. The molecule has 1 rings (SSSR count). The van der Waals surface area contributed by atoms with Gasteiger partial charge in [0.05, 0.1) is 26.8 Å². The number of hydrogen-bond donors (Lipinski definition) is 3. The Kier molecular flexibility index (Phi) is 8.71. The highest BCUT2D eigenvalue weighted by Gasteiger charge is 2.19. The van der Waals surface area contributed by atoms with Crippen molar-refractivity contribution in [1.29, 1.82) is 0 Å². The number of carbonyl (C=O) groups excluding carboxylic acids is 1. The number of aliphatic imine (C=N–C) groups is 1. The van der Waals surface area contributed by atoms with Crippen LogP contribution in [0.2, 0.25) is 0 Å². The second-order valence-electron chi connectivity index (χ2n) is 7.05. The second-order valence-corrected chi connectivity index (χ2v) is 7.05. The van der Waals surface area contributed by atoms with Crippen molar-refractivity contribution in [1.82, 2.24) is 5.32 Å². The number of benzene rings is 1. The summed E-state index contributed by atoms with van der Waals surface area (Å²) in [4.78, 5) is 16.3. The normalized spacial score (nSPS) is 12.9. The molecule has 1 unspecified atom stereocenters. The molecule has 0 saturated carbocycles. The smallest absolute Gasteiger partial charge is 0.407 e. The summed E-state index contributed by atoms with van der Waals surface area (Å²) in [6.45, 7) is 7.86. The number of ether oxygens (including phenoxy) is 3. The fourth-order valence-corrected chi connectivity index (χ4v) is 2.34. The fourth-order valence-electron chi connectivity index (χ4n) is 2.34. The van der Waals surface area contributed by atoms with Crippen molar-refractivity contribution in [3.63, 3.8) is 0 Å². The standard InChI is InChI=1S/C19H32N4O4/c1-7-8-14(23-18(24)27-19(2,3)4)12-21-17(20)22-13-9-10-15(25-5)16(11-13)26-6/h9-11,14H,7-8,12H2,1-6H3,(H,23,24)(H3,20,21,22). The highest BCUT2D eigenvalue weighted by Crippen LogP contribution is 2.29. The lowest BCUT2D eigenvalue weighted by Gasteiger charge is -2.23. The molecule has 0 fully saturated rings. The number of guanidine groups is 1. The number of rotatable bonds is 8. The molecule has 152 valence electrons. The topological polar surface area (TPSA) is 107 Å². The monoisotopic (exact) mass is 380 g/mol. The van der Waals surface area contributed by atoms with Crippen LogP contribution in [0.4, 0.5) is 10.5 Å². The molecule has 1 aromatic carbocycles. The van der Waals surface area contributed by atoms with Crippen LogP contribution in [-0.4, -0.2) is 44.5 Å². The van der Waals surface area contributed by atoms with Gasteiger partial charge in [-0.2, -0.15) is 0 Å². The quantitative estimate of drug-likeness (QED) is 0.472. The van der Waals surface area contributed by atoms with Crippen LogP contribution in [0.5, 0.6) is 11.5 Å². The third-order valence-corrected chi connectivity index (χ3v) is 3.50. The number of anilines is 1. The van der Waals surface area contributed by atoms with E-state index in [2.05, 4.69) is 15.6 Å². The first kappa shape index (κ1) is 22.4. The van der Waals surface area contributed by atoms with Gasteiger partial charge in [0.2, 0.25) is 0 Å². The van der Waals surface area contributed by atoms with Crippen LogP contribution >= 0.6 is 0 Å². The molecule has 0 radical (unpaired) electrons. The van der Waals surface area contributed by atoms with E-state index >= 15 is 0 Å². The molecule has 0 spiro atoms. The van der Waals surface area contributed by atoms with E-state index in [1.165, 1.54) is 0 Å². The van der Waals surface area contributed by atoms with E-state index in [0.29, 0.717) is 18.0 Å². The molecule has 0 heterocycles. The summed E-state index contributed by atoms with van der Waals surface area (Å²) in [5.74, 6) is 1.46. The van der Waals surface area contributed by atoms with Crippen LogP contribution in [0.25, 0.3) is 0 Å². The first-order chi connectivity index (χ1) is 12.7. The van der Waals surface area contributed by atoms with Gasteiger partial charge < -0.3 is 30.6 Å². The maximum Gasteiger partial charge on any atom is 0.407 e. The number of nitrogens with one attached hydrogen (secondary N) is 2. The number of hydrogen-bond acceptors (Lipinski definition) is 5. The summed E-state index contributed by atoms with van der Waals surface area (Å²) in [5, 5.41) is 5.84. The van der Waals surface area contributed by atoms with Crippen molar-refractivity contribution < 1.29 is 19.0 Å². The highest BCUT2D eigenvalue weighted by atomic mass is 16.6. The summed E-state index contributed by atoms with van der Waals surface area (Å²) in [7, 11) is 3.14. The Hall–Kier alpha value is -2.64. The highest BCUT2D eigenvalue weighted by molar-refractivity contribution is 5.92. The van der Waals surface area contributed by atoms with Crippen LogP contribution in [0.15, 0.2) is 23.2 Å². The lowest BCUT2D eigenvalue weighted by Crippen LogP contribution is -2.41. The number of nitrogens with zero attached hydrogens (tertiary/aromatic N) is 1. The van der Waals surface area contributed by atoms with Gasteiger partial charge >= 0.3 is 6.09 Å². The van der Waals surface area contributed by atoms with Crippen molar-refractivity contribution in [2.24, 2.45) is 10.7 Å². The molecular formula is C19H32N4O4. The van der Waals surface area contributed by atoms with Crippen LogP contribution in [0, 0.1) is 0 Å². The summed E-state index contributed by atoms with van der Waals surface area (Å²) in [5.41, 5.74) is 6.15. The number of amides is 1. The average molecular weight is 380 g/mol. The molecule has 0 aliphatic heterocycles. The maximum atomic E-state index is 12.0. The fraction of sp³-hybridized carbons (Fsp3) is 0.579. The number of carbonyl (C=O) groups is 1. The molecular weight excluding hydrogens is 348 g/mol. The van der Waals surface area contributed by atoms with Crippen molar-refractivity contribution in [3.8, 4) is 11.5 Å². The van der Waals surface area contributed by atoms with Crippen LogP contribution in [0.1, 0.15) is 40.5 Å². The third kappa shape index (κ3) is 8.52. The molecule has 1 atom stereocenters. The van der Waals surface area contributed by atoms with Gasteiger partial charge in [-0.05, 0) is 39.3 Å². The van der Waals surface area contributed by atoms with E-state index in [9.17, 15) is 4.79 Å². The van der Waals surface area contributed by atoms with E-state index in [1.54, 1.807) is 26.4 Å². The molecule has 4 N–H and O–H groups in total. The second kappa shape index (κ2) is 10.5. The van der Waals surface area contributed by atoms with E-state index in [-0.39, 0.29) is 12.0 Å². The van der Waals surface area contributed by atoms with Crippen molar-refractivity contribution >= 4 is 17.7 Å². The van der Waals surface area contributed by atoms with E-state index < -0.39 is 11.7 Å². The molecule has 0 bridgehead atoms. The Morgan fingerprint density at radius 2 is 1.89 bits per heavy atom. The van der Waals surface area contributed by atoms with Gasteiger partial charge in [0.1, 0.15) is 5.60 Å². The van der Waals surface area contributed by atoms with Gasteiger partial charge in [-0.15, -0.1) is 0 Å². The van der Waals surface area contributed by atoms with Gasteiger partial charge in [-0.3, -0.25) is 4.99 Å². The molecule has 0 saturated heterocycles. The minimum atomic E-state index is -0.544. The molecule has 1 aromatic rings. The van der Waals surface area contributed by atoms with Gasteiger partial charge in [-0.25, -0.2) is 4.79 Å². The molecule has 8 nitrogen and oxygen atoms in total. The lowest BCUT2D eigenvalue weighted by atomic mass is 10.1. The molecule has 0 aromatic heterocycles. The molecule has 27 heavy (non-hydrogen) atoms. The summed E-state index contributed by atoms with van der Waals surface area (Å²) < 4.78 is 15.8. The number of methoxy groups -OCH3 is 2. The zero-order valence-electron chi connectivity index (χ0n) is 17.1. The van der Waals surface area contributed by atoms with Crippen molar-refractivity contribution in [3.05, 3.63) is 18.2 Å². The minimum Gasteiger partial charge on any atom is -0.493 e. The van der Waals surface area contributed by atoms with Crippen LogP contribution in [0.3, 0.4) is 0 Å². The van der Waals surface area contributed by atoms with E-state index in [0.717, 1.165) is 18.5 Å². The maximum absolute atomic E-state index is 12.0. The van der Waals surface area contributed by atoms with E-state index in [1.807, 2.05) is 33.8 Å². The summed E-state index contributed by atoms with van der Waals surface area (Å²) in [6, 6.07) is 5.20. The van der Waals surface area contributed by atoms with Gasteiger partial charge in [0, 0.05) is 11.8 Å². The first-order valence-corrected chi connectivity index (χ1v) is 8.97. The zero-order valence-corrected chi connectivity index (χ0v) is 17.1. The van der Waals surface area contributed by atoms with Crippen LogP contribution in [-0.2, 0) is 4.74 Å². The summed E-state index contributed by atoms with van der Waals surface area (Å²) >= 11 is 0. The summed E-state index contributed by atoms with van der Waals surface area (Å²) in [6.07, 6.45) is 1.22. The largest absolute Gasteiger partial charge is 0.493 e. The number of alkyl carbamates (subject to hydrolysis) is 1. The predicted octanol–water partition coefficient (Wildman–Crippen LogP) is 3.12.